The molecule has 0 aliphatic carbocycles. The highest BCUT2D eigenvalue weighted by atomic mass is 35.5. The number of methoxy groups -OCH3 is 1. The minimum absolute atomic E-state index is 0.0297. The zero-order valence-corrected chi connectivity index (χ0v) is 24.1. The van der Waals surface area contributed by atoms with Gasteiger partial charge >= 0.3 is 0 Å². The van der Waals surface area contributed by atoms with Crippen molar-refractivity contribution in [3.8, 4) is 5.75 Å². The van der Waals surface area contributed by atoms with Crippen molar-refractivity contribution in [2.24, 2.45) is 0 Å². The topological polar surface area (TPSA) is 96.0 Å². The van der Waals surface area contributed by atoms with Crippen LogP contribution in [0.3, 0.4) is 0 Å². The molecule has 8 nitrogen and oxygen atoms in total. The normalized spacial score (nSPS) is 12.7. The molecule has 3 rings (SSSR count). The highest BCUT2D eigenvalue weighted by molar-refractivity contribution is 7.92. The number of nitrogens with one attached hydrogen (secondary N) is 1. The van der Waals surface area contributed by atoms with Crippen molar-refractivity contribution in [3.05, 3.63) is 89.4 Å². The number of carbonyl (C=O) groups is 2. The predicted molar refractivity (Wildman–Crippen MR) is 153 cm³/mol. The molecule has 0 radical (unpaired) electrons. The van der Waals surface area contributed by atoms with E-state index in [0.29, 0.717) is 10.8 Å². The molecule has 0 saturated heterocycles. The summed E-state index contributed by atoms with van der Waals surface area (Å²) in [6.07, 6.45) is 0.725. The molecule has 0 aliphatic rings. The lowest BCUT2D eigenvalue weighted by molar-refractivity contribution is -0.139. The lowest BCUT2D eigenvalue weighted by Crippen LogP contribution is -2.52. The Kier molecular flexibility index (Phi) is 10.4. The second-order valence-corrected chi connectivity index (χ2v) is 11.5. The van der Waals surface area contributed by atoms with Crippen molar-refractivity contribution in [1.29, 1.82) is 0 Å². The van der Waals surface area contributed by atoms with Crippen LogP contribution >= 0.6 is 11.6 Å². The maximum Gasteiger partial charge on any atom is 0.264 e. The third-order valence-corrected chi connectivity index (χ3v) is 8.41. The summed E-state index contributed by atoms with van der Waals surface area (Å²) >= 11 is 6.19. The van der Waals surface area contributed by atoms with Crippen LogP contribution in [0.15, 0.2) is 83.8 Å². The van der Waals surface area contributed by atoms with Crippen LogP contribution in [0.5, 0.6) is 5.75 Å². The van der Waals surface area contributed by atoms with Gasteiger partial charge in [-0.2, -0.15) is 0 Å². The number of carbonyl (C=O) groups excluding carboxylic acids is 2. The molecule has 2 atom stereocenters. The van der Waals surface area contributed by atoms with E-state index in [4.69, 9.17) is 16.3 Å². The average molecular weight is 572 g/mol. The molecule has 0 aromatic heterocycles. The van der Waals surface area contributed by atoms with Gasteiger partial charge in [-0.1, -0.05) is 54.9 Å². The van der Waals surface area contributed by atoms with E-state index < -0.39 is 28.5 Å². The van der Waals surface area contributed by atoms with Gasteiger partial charge in [0.1, 0.15) is 18.3 Å². The Morgan fingerprint density at radius 3 is 2.23 bits per heavy atom. The third kappa shape index (κ3) is 7.74. The molecule has 1 N–H and O–H groups in total. The second kappa shape index (κ2) is 13.5. The van der Waals surface area contributed by atoms with Crippen LogP contribution in [0.1, 0.15) is 32.8 Å². The Balaban J connectivity index is 2.01. The molecule has 2 unspecified atom stereocenters. The lowest BCUT2D eigenvalue weighted by Gasteiger charge is -2.32. The van der Waals surface area contributed by atoms with Gasteiger partial charge in [0.2, 0.25) is 11.8 Å². The maximum atomic E-state index is 13.9. The summed E-state index contributed by atoms with van der Waals surface area (Å²) in [6, 6.07) is 20.4. The Morgan fingerprint density at radius 2 is 1.64 bits per heavy atom. The highest BCUT2D eigenvalue weighted by Crippen LogP contribution is 2.27. The summed E-state index contributed by atoms with van der Waals surface area (Å²) in [5, 5.41) is 3.24. The van der Waals surface area contributed by atoms with E-state index in [1.54, 1.807) is 74.7 Å². The monoisotopic (exact) mass is 571 g/mol. The molecule has 0 spiro atoms. The van der Waals surface area contributed by atoms with Crippen LogP contribution in [0.25, 0.3) is 0 Å². The molecule has 10 heteroatoms. The van der Waals surface area contributed by atoms with Gasteiger partial charge in [-0.3, -0.25) is 13.9 Å². The fourth-order valence-electron chi connectivity index (χ4n) is 3.86. The molecule has 0 heterocycles. The SMILES string of the molecule is CCC(C)NC(=O)C(C)N(Cc1ccc(OC)cc1)C(=O)CN(c1cccc(Cl)c1)S(=O)(=O)c1ccccc1. The van der Waals surface area contributed by atoms with Crippen molar-refractivity contribution < 1.29 is 22.7 Å². The largest absolute Gasteiger partial charge is 0.497 e. The predicted octanol–water partition coefficient (Wildman–Crippen LogP) is 4.88. The summed E-state index contributed by atoms with van der Waals surface area (Å²) in [6.45, 7) is 5.02. The van der Waals surface area contributed by atoms with Crippen LogP contribution in [0.2, 0.25) is 5.02 Å². The van der Waals surface area contributed by atoms with Gasteiger partial charge in [-0.05, 0) is 68.3 Å². The number of hydrogen-bond acceptors (Lipinski definition) is 5. The van der Waals surface area contributed by atoms with Gasteiger partial charge in [-0.25, -0.2) is 8.42 Å². The Hall–Kier alpha value is -3.56. The number of benzene rings is 3. The molecule has 0 saturated carbocycles. The molecule has 3 aromatic carbocycles. The van der Waals surface area contributed by atoms with Gasteiger partial charge in [0, 0.05) is 17.6 Å². The first kappa shape index (κ1) is 30.0. The standard InChI is InChI=1S/C29H34ClN3O5S/c1-5-21(2)31-29(35)22(3)32(19-23-14-16-26(38-4)17-15-23)28(34)20-33(25-11-9-10-24(30)18-25)39(36,37)27-12-7-6-8-13-27/h6-18,21-22H,5,19-20H2,1-4H3,(H,31,35). The van der Waals surface area contributed by atoms with Crippen LogP contribution in [-0.2, 0) is 26.2 Å². The summed E-state index contributed by atoms with van der Waals surface area (Å²) in [5.74, 6) is -0.219. The van der Waals surface area contributed by atoms with Crippen molar-refractivity contribution in [2.75, 3.05) is 18.0 Å². The molecule has 0 bridgehead atoms. The fourth-order valence-corrected chi connectivity index (χ4v) is 5.47. The quantitative estimate of drug-likeness (QED) is 0.334. The number of halogens is 1. The average Bonchev–Trinajstić information content (AvgIpc) is 2.94. The van der Waals surface area contributed by atoms with Crippen molar-refractivity contribution in [2.45, 2.75) is 50.7 Å². The van der Waals surface area contributed by atoms with E-state index in [1.165, 1.54) is 23.1 Å². The first-order chi connectivity index (χ1) is 18.6. The number of amides is 2. The molecule has 208 valence electrons. The van der Waals surface area contributed by atoms with Crippen molar-refractivity contribution in [3.63, 3.8) is 0 Å². The van der Waals surface area contributed by atoms with E-state index in [9.17, 15) is 18.0 Å². The minimum Gasteiger partial charge on any atom is -0.497 e. The van der Waals surface area contributed by atoms with Crippen LogP contribution in [0, 0.1) is 0 Å². The van der Waals surface area contributed by atoms with E-state index in [2.05, 4.69) is 5.32 Å². The summed E-state index contributed by atoms with van der Waals surface area (Å²) < 4.78 is 33.7. The molecule has 39 heavy (non-hydrogen) atoms. The summed E-state index contributed by atoms with van der Waals surface area (Å²) in [4.78, 5) is 28.4. The van der Waals surface area contributed by atoms with Gasteiger partial charge < -0.3 is 15.0 Å². The number of ether oxygens (including phenoxy) is 1. The van der Waals surface area contributed by atoms with Crippen molar-refractivity contribution in [1.82, 2.24) is 10.2 Å². The van der Waals surface area contributed by atoms with E-state index >= 15 is 0 Å². The van der Waals surface area contributed by atoms with Gasteiger partial charge in [0.05, 0.1) is 17.7 Å². The number of rotatable bonds is 12. The van der Waals surface area contributed by atoms with Crippen LogP contribution in [0.4, 0.5) is 5.69 Å². The Morgan fingerprint density at radius 1 is 0.974 bits per heavy atom. The van der Waals surface area contributed by atoms with E-state index in [0.717, 1.165) is 16.3 Å². The highest BCUT2D eigenvalue weighted by Gasteiger charge is 2.32. The third-order valence-electron chi connectivity index (χ3n) is 6.39. The molecular weight excluding hydrogens is 538 g/mol. The number of nitrogens with zero attached hydrogens (tertiary/aromatic N) is 2. The molecule has 0 fully saturated rings. The maximum absolute atomic E-state index is 13.9. The van der Waals surface area contributed by atoms with Gasteiger partial charge in [-0.15, -0.1) is 0 Å². The minimum atomic E-state index is -4.14. The molecule has 2 amide bonds. The number of hydrogen-bond donors (Lipinski definition) is 1. The van der Waals surface area contributed by atoms with E-state index in [1.807, 2.05) is 13.8 Å². The second-order valence-electron chi connectivity index (χ2n) is 9.17. The zero-order chi connectivity index (χ0) is 28.6. The van der Waals surface area contributed by atoms with Crippen LogP contribution in [-0.4, -0.2) is 50.9 Å². The van der Waals surface area contributed by atoms with Crippen LogP contribution < -0.4 is 14.4 Å². The smallest absolute Gasteiger partial charge is 0.264 e. The Labute approximate surface area is 235 Å². The summed E-state index contributed by atoms with van der Waals surface area (Å²) in [5.41, 5.74) is 0.994. The van der Waals surface area contributed by atoms with Gasteiger partial charge in [0.15, 0.2) is 0 Å². The molecule has 0 aliphatic heterocycles. The first-order valence-corrected chi connectivity index (χ1v) is 14.4. The number of anilines is 1. The molecule has 3 aromatic rings. The lowest BCUT2D eigenvalue weighted by atomic mass is 10.1. The number of sulfonamides is 1. The van der Waals surface area contributed by atoms with E-state index in [-0.39, 0.29) is 29.1 Å². The fraction of sp³-hybridized carbons (Fsp3) is 0.310. The Bertz CT molecular complexity index is 1370. The molecular formula is C29H34ClN3O5S. The summed E-state index contributed by atoms with van der Waals surface area (Å²) in [7, 11) is -2.58. The zero-order valence-electron chi connectivity index (χ0n) is 22.5. The van der Waals surface area contributed by atoms with Crippen molar-refractivity contribution >= 4 is 39.1 Å². The first-order valence-electron chi connectivity index (χ1n) is 12.6. The van der Waals surface area contributed by atoms with Gasteiger partial charge in [0.25, 0.3) is 10.0 Å².